The van der Waals surface area contributed by atoms with Crippen LogP contribution < -0.4 is 5.32 Å². The van der Waals surface area contributed by atoms with Crippen molar-refractivity contribution in [2.75, 3.05) is 13.1 Å². The minimum atomic E-state index is -0.916. The van der Waals surface area contributed by atoms with Crippen molar-refractivity contribution >= 4 is 0 Å². The standard InChI is InChI=1S/C14H19F2NO/c15-12-6-5-11(8-13(12)16)14(18)9-17-7-1-2-10-3-4-10/h5-6,8,10,14,17-18H,1-4,7,9H2. The Labute approximate surface area is 106 Å². The molecule has 0 heterocycles. The summed E-state index contributed by atoms with van der Waals surface area (Å²) < 4.78 is 25.7. The van der Waals surface area contributed by atoms with Gasteiger partial charge >= 0.3 is 0 Å². The molecule has 0 radical (unpaired) electrons. The smallest absolute Gasteiger partial charge is 0.159 e. The van der Waals surface area contributed by atoms with Crippen molar-refractivity contribution in [3.8, 4) is 0 Å². The molecule has 0 spiro atoms. The van der Waals surface area contributed by atoms with Crippen LogP contribution in [0.15, 0.2) is 18.2 Å². The van der Waals surface area contributed by atoms with Gasteiger partial charge < -0.3 is 10.4 Å². The summed E-state index contributed by atoms with van der Waals surface area (Å²) in [6, 6.07) is 3.50. The lowest BCUT2D eigenvalue weighted by Crippen LogP contribution is -2.22. The first kappa shape index (κ1) is 13.4. The number of aliphatic hydroxyl groups excluding tert-OH is 1. The van der Waals surface area contributed by atoms with Crippen molar-refractivity contribution in [3.05, 3.63) is 35.4 Å². The predicted molar refractivity (Wildman–Crippen MR) is 66.1 cm³/mol. The minimum absolute atomic E-state index is 0.371. The zero-order valence-corrected chi connectivity index (χ0v) is 10.3. The Hall–Kier alpha value is -1.00. The highest BCUT2D eigenvalue weighted by Gasteiger charge is 2.20. The van der Waals surface area contributed by atoms with Crippen molar-refractivity contribution in [2.24, 2.45) is 5.92 Å². The molecule has 1 aromatic carbocycles. The normalized spacial score (nSPS) is 16.8. The Bertz CT molecular complexity index is 393. The second kappa shape index (κ2) is 6.25. The van der Waals surface area contributed by atoms with Gasteiger partial charge in [-0.1, -0.05) is 18.9 Å². The van der Waals surface area contributed by atoms with Crippen LogP contribution in [0, 0.1) is 17.6 Å². The van der Waals surface area contributed by atoms with E-state index in [9.17, 15) is 13.9 Å². The molecule has 2 rings (SSSR count). The van der Waals surface area contributed by atoms with E-state index in [1.807, 2.05) is 0 Å². The van der Waals surface area contributed by atoms with E-state index in [1.54, 1.807) is 0 Å². The molecular weight excluding hydrogens is 236 g/mol. The van der Waals surface area contributed by atoms with Gasteiger partial charge in [0, 0.05) is 6.54 Å². The van der Waals surface area contributed by atoms with Crippen LogP contribution in [0.25, 0.3) is 0 Å². The molecule has 1 saturated carbocycles. The number of aliphatic hydroxyl groups is 1. The lowest BCUT2D eigenvalue weighted by molar-refractivity contribution is 0.174. The summed E-state index contributed by atoms with van der Waals surface area (Å²) in [6.45, 7) is 1.23. The van der Waals surface area contributed by atoms with Crippen molar-refractivity contribution in [1.82, 2.24) is 5.32 Å². The summed E-state index contributed by atoms with van der Waals surface area (Å²) in [5.41, 5.74) is 0.406. The Morgan fingerprint density at radius 2 is 2.06 bits per heavy atom. The second-order valence-electron chi connectivity index (χ2n) is 4.98. The van der Waals surface area contributed by atoms with Gasteiger partial charge in [0.1, 0.15) is 0 Å². The van der Waals surface area contributed by atoms with Crippen LogP contribution in [-0.4, -0.2) is 18.2 Å². The molecule has 0 amide bonds. The van der Waals surface area contributed by atoms with Gasteiger partial charge in [-0.15, -0.1) is 0 Å². The fourth-order valence-corrected chi connectivity index (χ4v) is 2.00. The summed E-state index contributed by atoms with van der Waals surface area (Å²) in [5.74, 6) is -0.883. The molecule has 2 nitrogen and oxygen atoms in total. The van der Waals surface area contributed by atoms with Gasteiger partial charge in [-0.25, -0.2) is 8.78 Å². The molecule has 1 unspecified atom stereocenters. The average Bonchev–Trinajstić information content (AvgIpc) is 3.16. The van der Waals surface area contributed by atoms with Crippen LogP contribution in [0.4, 0.5) is 8.78 Å². The van der Waals surface area contributed by atoms with Gasteiger partial charge in [0.15, 0.2) is 11.6 Å². The lowest BCUT2D eigenvalue weighted by atomic mass is 10.1. The number of rotatable bonds is 7. The van der Waals surface area contributed by atoms with Crippen molar-refractivity contribution in [2.45, 2.75) is 31.8 Å². The molecule has 0 aromatic heterocycles. The molecule has 1 fully saturated rings. The summed E-state index contributed by atoms with van der Waals surface area (Å²) in [7, 11) is 0. The maximum absolute atomic E-state index is 13.0. The van der Waals surface area contributed by atoms with Crippen molar-refractivity contribution in [3.63, 3.8) is 0 Å². The largest absolute Gasteiger partial charge is 0.387 e. The van der Waals surface area contributed by atoms with E-state index in [2.05, 4.69) is 5.32 Å². The minimum Gasteiger partial charge on any atom is -0.387 e. The van der Waals surface area contributed by atoms with E-state index < -0.39 is 17.7 Å². The fourth-order valence-electron chi connectivity index (χ4n) is 2.00. The van der Waals surface area contributed by atoms with E-state index in [4.69, 9.17) is 0 Å². The van der Waals surface area contributed by atoms with E-state index in [0.29, 0.717) is 12.1 Å². The van der Waals surface area contributed by atoms with Gasteiger partial charge in [-0.3, -0.25) is 0 Å². The highest BCUT2D eigenvalue weighted by molar-refractivity contribution is 5.20. The van der Waals surface area contributed by atoms with Gasteiger partial charge in [-0.2, -0.15) is 0 Å². The summed E-state index contributed by atoms with van der Waals surface area (Å²) in [6.07, 6.45) is 4.28. The SMILES string of the molecule is OC(CNCCCC1CC1)c1ccc(F)c(F)c1. The highest BCUT2D eigenvalue weighted by Crippen LogP contribution is 2.33. The molecule has 1 atom stereocenters. The van der Waals surface area contributed by atoms with Crippen molar-refractivity contribution < 1.29 is 13.9 Å². The second-order valence-corrected chi connectivity index (χ2v) is 4.98. The molecule has 0 saturated heterocycles. The molecule has 4 heteroatoms. The third-order valence-corrected chi connectivity index (χ3v) is 3.33. The number of halogens is 2. The third-order valence-electron chi connectivity index (χ3n) is 3.33. The van der Waals surface area contributed by atoms with Gasteiger partial charge in [-0.05, 0) is 43.0 Å². The van der Waals surface area contributed by atoms with Gasteiger partial charge in [0.2, 0.25) is 0 Å². The van der Waals surface area contributed by atoms with Gasteiger partial charge in [0.05, 0.1) is 6.10 Å². The van der Waals surface area contributed by atoms with Crippen LogP contribution in [-0.2, 0) is 0 Å². The van der Waals surface area contributed by atoms with E-state index in [0.717, 1.165) is 31.0 Å². The summed E-state index contributed by atoms with van der Waals surface area (Å²) >= 11 is 0. The first-order chi connectivity index (χ1) is 8.66. The van der Waals surface area contributed by atoms with E-state index in [-0.39, 0.29) is 0 Å². The fraction of sp³-hybridized carbons (Fsp3) is 0.571. The molecule has 100 valence electrons. The summed E-state index contributed by atoms with van der Waals surface area (Å²) in [4.78, 5) is 0. The number of hydrogen-bond donors (Lipinski definition) is 2. The maximum Gasteiger partial charge on any atom is 0.159 e. The third kappa shape index (κ3) is 4.03. The molecule has 0 bridgehead atoms. The molecule has 0 aliphatic heterocycles. The first-order valence-electron chi connectivity index (χ1n) is 6.50. The first-order valence-corrected chi connectivity index (χ1v) is 6.50. The topological polar surface area (TPSA) is 32.3 Å². The van der Waals surface area contributed by atoms with Crippen LogP contribution in [0.5, 0.6) is 0 Å². The molecule has 18 heavy (non-hydrogen) atoms. The van der Waals surface area contributed by atoms with E-state index >= 15 is 0 Å². The summed E-state index contributed by atoms with van der Waals surface area (Å²) in [5, 5.41) is 12.9. The molecule has 1 aliphatic rings. The highest BCUT2D eigenvalue weighted by atomic mass is 19.2. The Balaban J connectivity index is 1.69. The van der Waals surface area contributed by atoms with Crippen LogP contribution in [0.2, 0.25) is 0 Å². The molecule has 2 N–H and O–H groups in total. The maximum atomic E-state index is 13.0. The Morgan fingerprint density at radius 3 is 2.72 bits per heavy atom. The zero-order valence-electron chi connectivity index (χ0n) is 10.3. The monoisotopic (exact) mass is 255 g/mol. The Kier molecular flexibility index (Phi) is 4.66. The van der Waals surface area contributed by atoms with Crippen LogP contribution in [0.1, 0.15) is 37.4 Å². The molecule has 1 aliphatic carbocycles. The van der Waals surface area contributed by atoms with E-state index in [1.165, 1.54) is 25.3 Å². The lowest BCUT2D eigenvalue weighted by Gasteiger charge is -2.12. The average molecular weight is 255 g/mol. The molecular formula is C14H19F2NO. The molecule has 1 aromatic rings. The zero-order chi connectivity index (χ0) is 13.0. The Morgan fingerprint density at radius 1 is 1.28 bits per heavy atom. The number of nitrogens with one attached hydrogen (secondary N) is 1. The van der Waals surface area contributed by atoms with Crippen LogP contribution in [0.3, 0.4) is 0 Å². The van der Waals surface area contributed by atoms with Crippen molar-refractivity contribution in [1.29, 1.82) is 0 Å². The number of benzene rings is 1. The van der Waals surface area contributed by atoms with Crippen LogP contribution >= 0.6 is 0 Å². The van der Waals surface area contributed by atoms with Gasteiger partial charge in [0.25, 0.3) is 0 Å². The quantitative estimate of drug-likeness (QED) is 0.734. The number of hydrogen-bond acceptors (Lipinski definition) is 2. The predicted octanol–water partition coefficient (Wildman–Crippen LogP) is 2.78.